The standard InChI is InChI=1S/C12H11ClF4O2/c13-10-2-1-3-11(14)9(10)6-8(18)4-5-19-7-12(15,16)17/h1-3H,4-7H2. The summed E-state index contributed by atoms with van der Waals surface area (Å²) in [6.07, 6.45) is -4.90. The SMILES string of the molecule is O=C(CCOCC(F)(F)F)Cc1c(F)cccc1Cl. The summed E-state index contributed by atoms with van der Waals surface area (Å²) in [6.45, 7) is -1.76. The minimum absolute atomic E-state index is 0.0463. The third-order valence-corrected chi connectivity index (χ3v) is 2.58. The fourth-order valence-corrected chi connectivity index (χ4v) is 1.59. The van der Waals surface area contributed by atoms with Crippen molar-refractivity contribution in [3.63, 3.8) is 0 Å². The highest BCUT2D eigenvalue weighted by molar-refractivity contribution is 6.31. The second-order valence-corrected chi connectivity index (χ2v) is 4.24. The number of ketones is 1. The van der Waals surface area contributed by atoms with Crippen molar-refractivity contribution in [1.29, 1.82) is 0 Å². The second-order valence-electron chi connectivity index (χ2n) is 3.83. The van der Waals surface area contributed by atoms with Crippen LogP contribution in [0.3, 0.4) is 0 Å². The van der Waals surface area contributed by atoms with Crippen molar-refractivity contribution in [2.45, 2.75) is 19.0 Å². The molecule has 0 amide bonds. The molecule has 0 aliphatic carbocycles. The zero-order valence-corrected chi connectivity index (χ0v) is 10.5. The molecule has 0 atom stereocenters. The number of alkyl halides is 3. The molecule has 0 saturated carbocycles. The number of carbonyl (C=O) groups excluding carboxylic acids is 1. The summed E-state index contributed by atoms with van der Waals surface area (Å²) in [7, 11) is 0. The fourth-order valence-electron chi connectivity index (χ4n) is 1.36. The number of rotatable bonds is 6. The molecule has 1 rings (SSSR count). The highest BCUT2D eigenvalue weighted by Gasteiger charge is 2.27. The number of hydrogen-bond acceptors (Lipinski definition) is 2. The molecule has 106 valence electrons. The van der Waals surface area contributed by atoms with Gasteiger partial charge in [0.05, 0.1) is 6.61 Å². The molecule has 0 spiro atoms. The van der Waals surface area contributed by atoms with Gasteiger partial charge in [-0.05, 0) is 12.1 Å². The van der Waals surface area contributed by atoms with Crippen LogP contribution >= 0.6 is 11.6 Å². The van der Waals surface area contributed by atoms with Crippen molar-refractivity contribution in [3.05, 3.63) is 34.6 Å². The number of hydrogen-bond donors (Lipinski definition) is 0. The molecule has 0 aliphatic rings. The molecule has 19 heavy (non-hydrogen) atoms. The first-order valence-electron chi connectivity index (χ1n) is 5.38. The lowest BCUT2D eigenvalue weighted by Gasteiger charge is -2.08. The lowest BCUT2D eigenvalue weighted by atomic mass is 10.1. The predicted molar refractivity (Wildman–Crippen MR) is 61.6 cm³/mol. The van der Waals surface area contributed by atoms with Crippen molar-refractivity contribution in [3.8, 4) is 0 Å². The molecule has 0 aliphatic heterocycles. The lowest BCUT2D eigenvalue weighted by Crippen LogP contribution is -2.18. The Morgan fingerprint density at radius 2 is 2.00 bits per heavy atom. The van der Waals surface area contributed by atoms with Gasteiger partial charge in [-0.25, -0.2) is 4.39 Å². The van der Waals surface area contributed by atoms with Gasteiger partial charge in [-0.2, -0.15) is 13.2 Å². The van der Waals surface area contributed by atoms with Gasteiger partial charge in [-0.15, -0.1) is 0 Å². The van der Waals surface area contributed by atoms with Crippen LogP contribution in [0.25, 0.3) is 0 Å². The average Bonchev–Trinajstić information content (AvgIpc) is 2.28. The topological polar surface area (TPSA) is 26.3 Å². The van der Waals surface area contributed by atoms with Gasteiger partial charge in [0.15, 0.2) is 0 Å². The second kappa shape index (κ2) is 6.86. The van der Waals surface area contributed by atoms with E-state index in [1.165, 1.54) is 12.1 Å². The molecular weight excluding hydrogens is 288 g/mol. The zero-order valence-electron chi connectivity index (χ0n) is 9.77. The summed E-state index contributed by atoms with van der Waals surface area (Å²) in [5.74, 6) is -1.05. The minimum atomic E-state index is -4.42. The van der Waals surface area contributed by atoms with E-state index in [1.807, 2.05) is 0 Å². The monoisotopic (exact) mass is 298 g/mol. The van der Waals surface area contributed by atoms with Crippen LogP contribution in [-0.4, -0.2) is 25.2 Å². The number of Topliss-reactive ketones (excluding diaryl/α,β-unsaturated/α-hetero) is 1. The van der Waals surface area contributed by atoms with Gasteiger partial charge < -0.3 is 4.74 Å². The van der Waals surface area contributed by atoms with Crippen molar-refractivity contribution >= 4 is 17.4 Å². The summed E-state index contributed by atoms with van der Waals surface area (Å²) in [5, 5.41) is 0.115. The van der Waals surface area contributed by atoms with E-state index in [9.17, 15) is 22.4 Å². The van der Waals surface area contributed by atoms with E-state index in [-0.39, 0.29) is 30.0 Å². The molecule has 0 unspecified atom stereocenters. The van der Waals surface area contributed by atoms with Crippen LogP contribution in [0.1, 0.15) is 12.0 Å². The first-order chi connectivity index (χ1) is 8.79. The van der Waals surface area contributed by atoms with Gasteiger partial charge >= 0.3 is 6.18 Å². The van der Waals surface area contributed by atoms with Crippen LogP contribution in [0, 0.1) is 5.82 Å². The normalized spacial score (nSPS) is 11.6. The van der Waals surface area contributed by atoms with Gasteiger partial charge in [0, 0.05) is 23.4 Å². The number of carbonyl (C=O) groups is 1. The largest absolute Gasteiger partial charge is 0.411 e. The summed E-state index contributed by atoms with van der Waals surface area (Å²) in [5.41, 5.74) is 0.0463. The summed E-state index contributed by atoms with van der Waals surface area (Å²) < 4.78 is 52.9. The Kier molecular flexibility index (Phi) is 5.75. The van der Waals surface area contributed by atoms with Crippen molar-refractivity contribution in [2.75, 3.05) is 13.2 Å². The molecule has 1 aromatic rings. The Hall–Kier alpha value is -1.14. The number of benzene rings is 1. The summed E-state index contributed by atoms with van der Waals surface area (Å²) in [4.78, 5) is 11.5. The molecule has 2 nitrogen and oxygen atoms in total. The molecular formula is C12H11ClF4O2. The van der Waals surface area contributed by atoms with Crippen LogP contribution in [-0.2, 0) is 16.0 Å². The number of halogens is 5. The zero-order chi connectivity index (χ0) is 14.5. The lowest BCUT2D eigenvalue weighted by molar-refractivity contribution is -0.174. The van der Waals surface area contributed by atoms with E-state index < -0.39 is 24.4 Å². The Labute approximate surface area is 112 Å². The van der Waals surface area contributed by atoms with Gasteiger partial charge in [0.2, 0.25) is 0 Å². The maximum Gasteiger partial charge on any atom is 0.411 e. The molecule has 0 bridgehead atoms. The van der Waals surface area contributed by atoms with Crippen LogP contribution in [0.5, 0.6) is 0 Å². The van der Waals surface area contributed by atoms with Gasteiger partial charge in [-0.3, -0.25) is 4.79 Å². The minimum Gasteiger partial charge on any atom is -0.372 e. The molecule has 0 heterocycles. The third-order valence-electron chi connectivity index (χ3n) is 2.23. The summed E-state index contributed by atoms with van der Waals surface area (Å²) >= 11 is 5.72. The maximum atomic E-state index is 13.3. The van der Waals surface area contributed by atoms with E-state index in [1.54, 1.807) is 0 Å². The Balaban J connectivity index is 2.40. The van der Waals surface area contributed by atoms with Crippen molar-refractivity contribution < 1.29 is 27.1 Å². The third kappa shape index (κ3) is 6.02. The Morgan fingerprint density at radius 3 is 2.58 bits per heavy atom. The first-order valence-corrected chi connectivity index (χ1v) is 5.76. The van der Waals surface area contributed by atoms with E-state index in [4.69, 9.17) is 11.6 Å². The van der Waals surface area contributed by atoms with E-state index in [0.717, 1.165) is 6.07 Å². The molecule has 1 aromatic carbocycles. The number of ether oxygens (including phenoxy) is 1. The summed E-state index contributed by atoms with van der Waals surface area (Å²) in [6, 6.07) is 4.00. The van der Waals surface area contributed by atoms with E-state index >= 15 is 0 Å². The van der Waals surface area contributed by atoms with E-state index in [0.29, 0.717) is 0 Å². The highest BCUT2D eigenvalue weighted by Crippen LogP contribution is 2.20. The molecule has 0 aromatic heterocycles. The smallest absolute Gasteiger partial charge is 0.372 e. The average molecular weight is 299 g/mol. The Bertz CT molecular complexity index is 426. The van der Waals surface area contributed by atoms with Gasteiger partial charge in [-0.1, -0.05) is 17.7 Å². The van der Waals surface area contributed by atoms with Crippen LogP contribution < -0.4 is 0 Å². The van der Waals surface area contributed by atoms with Crippen molar-refractivity contribution in [1.82, 2.24) is 0 Å². The predicted octanol–water partition coefficient (Wildman–Crippen LogP) is 3.56. The van der Waals surface area contributed by atoms with Crippen LogP contribution in [0.2, 0.25) is 5.02 Å². The van der Waals surface area contributed by atoms with Crippen LogP contribution in [0.15, 0.2) is 18.2 Å². The fraction of sp³-hybridized carbons (Fsp3) is 0.417. The first kappa shape index (κ1) is 15.9. The molecule has 0 saturated heterocycles. The highest BCUT2D eigenvalue weighted by atomic mass is 35.5. The van der Waals surface area contributed by atoms with E-state index in [2.05, 4.69) is 4.74 Å². The maximum absolute atomic E-state index is 13.3. The molecule has 0 fully saturated rings. The molecule has 0 N–H and O–H groups in total. The Morgan fingerprint density at radius 1 is 1.32 bits per heavy atom. The van der Waals surface area contributed by atoms with Gasteiger partial charge in [0.25, 0.3) is 0 Å². The molecule has 7 heteroatoms. The van der Waals surface area contributed by atoms with Gasteiger partial charge in [0.1, 0.15) is 18.2 Å². The van der Waals surface area contributed by atoms with Crippen molar-refractivity contribution in [2.24, 2.45) is 0 Å². The quantitative estimate of drug-likeness (QED) is 0.593. The van der Waals surface area contributed by atoms with Crippen LogP contribution in [0.4, 0.5) is 17.6 Å². The molecule has 0 radical (unpaired) electrons.